The quantitative estimate of drug-likeness (QED) is 0.360. The molecule has 0 saturated heterocycles. The van der Waals surface area contributed by atoms with Crippen LogP contribution in [0.25, 0.3) is 5.69 Å². The Balaban J connectivity index is 1.86. The zero-order valence-electron chi connectivity index (χ0n) is 15.5. The number of nitrogens with two attached hydrogens (primary N) is 1. The lowest BCUT2D eigenvalue weighted by atomic mass is 10.1. The average Bonchev–Trinajstić information content (AvgIpc) is 3.02. The normalized spacial score (nSPS) is 12.2. The molecule has 1 aromatic heterocycles. The number of aromatic nitrogens is 1. The molecule has 152 valence electrons. The number of para-hydroxylation sites is 1. The number of pyridine rings is 1. The molecule has 10 nitrogen and oxygen atoms in total. The van der Waals surface area contributed by atoms with E-state index < -0.39 is 22.3 Å². The van der Waals surface area contributed by atoms with Crippen LogP contribution in [0.2, 0.25) is 0 Å². The maximum Gasteiger partial charge on any atom is 0.270 e. The number of hydrogen-bond acceptors (Lipinski definition) is 8. The lowest BCUT2D eigenvalue weighted by Crippen LogP contribution is -2.24. The Bertz CT molecular complexity index is 1410. The number of non-ortho nitro benzene ring substituents is 1. The Hall–Kier alpha value is -4.43. The number of anilines is 1. The van der Waals surface area contributed by atoms with Crippen molar-refractivity contribution in [2.24, 2.45) is 0 Å². The molecule has 0 saturated carbocycles. The second-order valence-electron chi connectivity index (χ2n) is 6.39. The Kier molecular flexibility index (Phi) is 4.76. The van der Waals surface area contributed by atoms with E-state index in [4.69, 9.17) is 5.73 Å². The summed E-state index contributed by atoms with van der Waals surface area (Å²) in [5, 5.41) is 22.5. The number of nitrogen functional groups attached to an aromatic ring is 1. The van der Waals surface area contributed by atoms with Gasteiger partial charge in [-0.25, -0.2) is 0 Å². The van der Waals surface area contributed by atoms with Gasteiger partial charge in [0, 0.05) is 28.0 Å². The number of hydrogen-bond donors (Lipinski definition) is 2. The smallest absolute Gasteiger partial charge is 0.270 e. The van der Waals surface area contributed by atoms with Gasteiger partial charge in [-0.1, -0.05) is 23.9 Å². The molecule has 0 aliphatic carbocycles. The van der Waals surface area contributed by atoms with Crippen LogP contribution in [0.3, 0.4) is 0 Å². The molecule has 0 bridgehead atoms. The summed E-state index contributed by atoms with van der Waals surface area (Å²) in [5.74, 6) is -1.58. The third-order valence-electron chi connectivity index (χ3n) is 4.57. The van der Waals surface area contributed by atoms with E-state index in [9.17, 15) is 29.8 Å². The van der Waals surface area contributed by atoms with Crippen molar-refractivity contribution in [3.8, 4) is 11.8 Å². The summed E-state index contributed by atoms with van der Waals surface area (Å²) in [6.07, 6.45) is 0. The minimum atomic E-state index is -0.696. The van der Waals surface area contributed by atoms with E-state index in [1.165, 1.54) is 12.1 Å². The number of carbonyl (C=O) groups is 2. The monoisotopic (exact) mass is 433 g/mol. The SMILES string of the molecule is N#Cc1cc([N+](=O)[O-])ccc1Sc1ccccc1-n1c(N)c2c(cc1=O)C(=O)NC2=O. The Morgan fingerprint density at radius 3 is 2.52 bits per heavy atom. The summed E-state index contributed by atoms with van der Waals surface area (Å²) in [4.78, 5) is 48.1. The second kappa shape index (κ2) is 7.43. The predicted molar refractivity (Wildman–Crippen MR) is 110 cm³/mol. The van der Waals surface area contributed by atoms with Crippen LogP contribution in [0.1, 0.15) is 26.3 Å². The van der Waals surface area contributed by atoms with Crippen LogP contribution in [0.4, 0.5) is 11.5 Å². The first-order valence-corrected chi connectivity index (χ1v) is 9.50. The van der Waals surface area contributed by atoms with E-state index in [1.807, 2.05) is 6.07 Å². The van der Waals surface area contributed by atoms with Gasteiger partial charge in [0.25, 0.3) is 23.1 Å². The largest absolute Gasteiger partial charge is 0.384 e. The van der Waals surface area contributed by atoms with Gasteiger partial charge in [0.15, 0.2) is 0 Å². The van der Waals surface area contributed by atoms with E-state index >= 15 is 0 Å². The summed E-state index contributed by atoms with van der Waals surface area (Å²) >= 11 is 1.10. The Morgan fingerprint density at radius 1 is 1.06 bits per heavy atom. The number of nitrogens with one attached hydrogen (secondary N) is 1. The van der Waals surface area contributed by atoms with Gasteiger partial charge in [-0.15, -0.1) is 0 Å². The third kappa shape index (κ3) is 3.30. The number of nitro groups is 1. The molecule has 2 heterocycles. The van der Waals surface area contributed by atoms with Crippen molar-refractivity contribution in [1.29, 1.82) is 5.26 Å². The zero-order chi connectivity index (χ0) is 22.3. The van der Waals surface area contributed by atoms with E-state index in [0.29, 0.717) is 15.5 Å². The second-order valence-corrected chi connectivity index (χ2v) is 7.48. The number of amides is 2. The summed E-state index contributed by atoms with van der Waals surface area (Å²) in [5.41, 5.74) is 5.52. The molecule has 2 amide bonds. The van der Waals surface area contributed by atoms with Gasteiger partial charge in [0.05, 0.1) is 27.3 Å². The number of imide groups is 1. The summed E-state index contributed by atoms with van der Waals surface area (Å²) < 4.78 is 1.11. The predicted octanol–water partition coefficient (Wildman–Crippen LogP) is 2.23. The summed E-state index contributed by atoms with van der Waals surface area (Å²) in [7, 11) is 0. The van der Waals surface area contributed by atoms with E-state index in [2.05, 4.69) is 5.32 Å². The van der Waals surface area contributed by atoms with Crippen molar-refractivity contribution in [3.05, 3.63) is 85.7 Å². The maximum atomic E-state index is 12.8. The highest BCUT2D eigenvalue weighted by molar-refractivity contribution is 7.99. The minimum absolute atomic E-state index is 0.0857. The fourth-order valence-electron chi connectivity index (χ4n) is 3.18. The van der Waals surface area contributed by atoms with Crippen molar-refractivity contribution < 1.29 is 14.5 Å². The van der Waals surface area contributed by atoms with Crippen LogP contribution in [0, 0.1) is 21.4 Å². The molecule has 11 heteroatoms. The number of nitro benzene ring substituents is 1. The van der Waals surface area contributed by atoms with Crippen LogP contribution in [-0.2, 0) is 0 Å². The summed E-state index contributed by atoms with van der Waals surface area (Å²) in [6.45, 7) is 0. The molecule has 3 aromatic rings. The molecular weight excluding hydrogens is 422 g/mol. The van der Waals surface area contributed by atoms with Crippen molar-refractivity contribution in [2.45, 2.75) is 9.79 Å². The van der Waals surface area contributed by atoms with Crippen molar-refractivity contribution in [2.75, 3.05) is 5.73 Å². The zero-order valence-corrected chi connectivity index (χ0v) is 16.3. The van der Waals surface area contributed by atoms with Gasteiger partial charge in [-0.3, -0.25) is 34.4 Å². The maximum absolute atomic E-state index is 12.8. The highest BCUT2D eigenvalue weighted by Gasteiger charge is 2.32. The molecule has 2 aromatic carbocycles. The number of fused-ring (bicyclic) bond motifs is 1. The average molecular weight is 433 g/mol. The standard InChI is InChI=1S/C20H11N5O5S/c21-9-10-7-11(25(29)30)5-6-14(10)31-15-4-2-1-3-13(15)24-16(26)8-12-17(18(24)22)20(28)23-19(12)27/h1-8H,22H2,(H,23,27,28). The molecule has 0 unspecified atom stereocenters. The molecule has 31 heavy (non-hydrogen) atoms. The van der Waals surface area contributed by atoms with Gasteiger partial charge >= 0.3 is 0 Å². The molecule has 4 rings (SSSR count). The lowest BCUT2D eigenvalue weighted by Gasteiger charge is -2.15. The molecule has 3 N–H and O–H groups in total. The molecule has 0 spiro atoms. The first-order valence-electron chi connectivity index (χ1n) is 8.69. The number of benzene rings is 2. The highest BCUT2D eigenvalue weighted by atomic mass is 32.2. The van der Waals surface area contributed by atoms with Gasteiger partial charge in [-0.2, -0.15) is 5.26 Å². The lowest BCUT2D eigenvalue weighted by molar-refractivity contribution is -0.384. The van der Waals surface area contributed by atoms with Crippen LogP contribution in [0.15, 0.2) is 63.1 Å². The van der Waals surface area contributed by atoms with E-state index in [-0.39, 0.29) is 28.2 Å². The van der Waals surface area contributed by atoms with E-state index in [1.54, 1.807) is 24.3 Å². The van der Waals surface area contributed by atoms with Crippen molar-refractivity contribution >= 4 is 35.1 Å². The van der Waals surface area contributed by atoms with Gasteiger partial charge in [0.1, 0.15) is 11.9 Å². The van der Waals surface area contributed by atoms with Gasteiger partial charge in [-0.05, 0) is 18.2 Å². The number of nitrogens with zero attached hydrogens (tertiary/aromatic N) is 3. The molecule has 0 fully saturated rings. The first-order chi connectivity index (χ1) is 14.8. The van der Waals surface area contributed by atoms with Crippen molar-refractivity contribution in [3.63, 3.8) is 0 Å². The third-order valence-corrected chi connectivity index (χ3v) is 5.71. The molecular formula is C20H11N5O5S. The number of nitriles is 1. The number of carbonyl (C=O) groups excluding carboxylic acids is 2. The van der Waals surface area contributed by atoms with Crippen molar-refractivity contribution in [1.82, 2.24) is 9.88 Å². The number of rotatable bonds is 4. The van der Waals surface area contributed by atoms with Gasteiger partial charge < -0.3 is 5.73 Å². The minimum Gasteiger partial charge on any atom is -0.384 e. The molecule has 0 atom stereocenters. The first kappa shape index (κ1) is 19.9. The summed E-state index contributed by atoms with van der Waals surface area (Å²) in [6, 6.07) is 13.5. The van der Waals surface area contributed by atoms with E-state index in [0.717, 1.165) is 28.5 Å². The molecule has 0 radical (unpaired) electrons. The highest BCUT2D eigenvalue weighted by Crippen LogP contribution is 2.36. The van der Waals surface area contributed by atoms with Crippen LogP contribution in [0.5, 0.6) is 0 Å². The Labute approximate surface area is 178 Å². The molecule has 1 aliphatic heterocycles. The fraction of sp³-hybridized carbons (Fsp3) is 0. The fourth-order valence-corrected chi connectivity index (χ4v) is 4.18. The van der Waals surface area contributed by atoms with Gasteiger partial charge in [0.2, 0.25) is 0 Å². The molecule has 1 aliphatic rings. The van der Waals surface area contributed by atoms with Crippen LogP contribution < -0.4 is 16.6 Å². The Morgan fingerprint density at radius 2 is 1.81 bits per heavy atom. The van der Waals surface area contributed by atoms with Crippen LogP contribution >= 0.6 is 11.8 Å². The topological polar surface area (TPSA) is 161 Å². The van der Waals surface area contributed by atoms with Crippen LogP contribution in [-0.4, -0.2) is 21.3 Å².